The zero-order valence-corrected chi connectivity index (χ0v) is 10.3. The van der Waals surface area contributed by atoms with Gasteiger partial charge in [0.15, 0.2) is 0 Å². The van der Waals surface area contributed by atoms with Crippen molar-refractivity contribution in [3.63, 3.8) is 0 Å². The van der Waals surface area contributed by atoms with E-state index in [4.69, 9.17) is 10.2 Å². The predicted octanol–water partition coefficient (Wildman–Crippen LogP) is 1.16. The first-order valence-electron chi connectivity index (χ1n) is 4.33. The molecular weight excluding hydrogens is 282 g/mol. The van der Waals surface area contributed by atoms with Crippen molar-refractivity contribution in [1.29, 1.82) is 0 Å². The molecule has 1 atom stereocenters. The van der Waals surface area contributed by atoms with Crippen LogP contribution in [0.1, 0.15) is 17.2 Å². The molecule has 0 heterocycles. The van der Waals surface area contributed by atoms with Gasteiger partial charge in [-0.05, 0) is 18.1 Å². The van der Waals surface area contributed by atoms with Gasteiger partial charge in [0, 0.05) is 11.1 Å². The number of hydrogen-bond acceptors (Lipinski definition) is 3. The van der Waals surface area contributed by atoms with E-state index < -0.39 is 15.3 Å². The molecule has 0 bridgehead atoms. The maximum absolute atomic E-state index is 11.3. The second-order valence-corrected chi connectivity index (χ2v) is 5.71. The van der Waals surface area contributed by atoms with E-state index in [-0.39, 0.29) is 13.0 Å². The second kappa shape index (κ2) is 5.07. The molecule has 4 nitrogen and oxygen atoms in total. The van der Waals surface area contributed by atoms with Gasteiger partial charge >= 0.3 is 0 Å². The number of sulfonamides is 1. The quantitative estimate of drug-likeness (QED) is 0.874. The van der Waals surface area contributed by atoms with Crippen molar-refractivity contribution in [2.75, 3.05) is 6.61 Å². The summed E-state index contributed by atoms with van der Waals surface area (Å²) in [6.07, 6.45) is 0.0987. The summed E-state index contributed by atoms with van der Waals surface area (Å²) in [5.74, 6) is 0. The van der Waals surface area contributed by atoms with E-state index in [9.17, 15) is 8.42 Å². The maximum Gasteiger partial charge on any atom is 0.216 e. The second-order valence-electron chi connectivity index (χ2n) is 3.11. The van der Waals surface area contributed by atoms with Crippen LogP contribution < -0.4 is 5.14 Å². The number of benzene rings is 1. The minimum atomic E-state index is -3.69. The highest BCUT2D eigenvalue weighted by Gasteiger charge is 2.24. The van der Waals surface area contributed by atoms with Gasteiger partial charge in [-0.25, -0.2) is 13.6 Å². The molecule has 84 valence electrons. The molecule has 6 heteroatoms. The summed E-state index contributed by atoms with van der Waals surface area (Å²) in [5.41, 5.74) is 0.578. The average Bonchev–Trinajstić information content (AvgIpc) is 2.14. The van der Waals surface area contributed by atoms with Crippen LogP contribution in [0, 0.1) is 0 Å². The number of primary sulfonamides is 1. The summed E-state index contributed by atoms with van der Waals surface area (Å²) in [6.45, 7) is -0.220. The molecule has 0 aromatic heterocycles. The average molecular weight is 294 g/mol. The number of rotatable bonds is 4. The molecule has 3 N–H and O–H groups in total. The van der Waals surface area contributed by atoms with Crippen LogP contribution in [0.2, 0.25) is 0 Å². The fraction of sp³-hybridized carbons (Fsp3) is 0.333. The smallest absolute Gasteiger partial charge is 0.216 e. The van der Waals surface area contributed by atoms with Crippen LogP contribution in [-0.2, 0) is 10.0 Å². The van der Waals surface area contributed by atoms with Gasteiger partial charge in [0.25, 0.3) is 0 Å². The molecule has 0 aliphatic carbocycles. The lowest BCUT2D eigenvalue weighted by Crippen LogP contribution is -2.22. The molecule has 0 saturated carbocycles. The van der Waals surface area contributed by atoms with Crippen molar-refractivity contribution in [2.45, 2.75) is 11.7 Å². The summed E-state index contributed by atoms with van der Waals surface area (Å²) in [4.78, 5) is 0. The topological polar surface area (TPSA) is 80.4 Å². The van der Waals surface area contributed by atoms with Crippen LogP contribution in [0.5, 0.6) is 0 Å². The first kappa shape index (κ1) is 12.6. The number of nitrogens with two attached hydrogens (primary N) is 1. The van der Waals surface area contributed by atoms with E-state index in [0.717, 1.165) is 0 Å². The molecule has 0 amide bonds. The van der Waals surface area contributed by atoms with Crippen LogP contribution >= 0.6 is 15.9 Å². The van der Waals surface area contributed by atoms with Gasteiger partial charge in [-0.15, -0.1) is 0 Å². The Bertz CT molecular complexity index is 433. The Hall–Kier alpha value is -0.430. The van der Waals surface area contributed by atoms with Crippen molar-refractivity contribution < 1.29 is 13.5 Å². The molecular formula is C9H12BrNO3S. The first-order chi connectivity index (χ1) is 6.96. The highest BCUT2D eigenvalue weighted by molar-refractivity contribution is 9.10. The van der Waals surface area contributed by atoms with Crippen LogP contribution in [0.3, 0.4) is 0 Å². The van der Waals surface area contributed by atoms with Crippen LogP contribution in [-0.4, -0.2) is 20.1 Å². The Labute approximate surface area is 97.3 Å². The summed E-state index contributed by atoms with van der Waals surface area (Å²) in [7, 11) is -3.69. The Balaban J connectivity index is 3.16. The molecule has 1 unspecified atom stereocenters. The van der Waals surface area contributed by atoms with E-state index in [1.807, 2.05) is 0 Å². The van der Waals surface area contributed by atoms with Gasteiger partial charge in [0.1, 0.15) is 5.25 Å². The standard InChI is InChI=1S/C9H12BrNO3S/c10-8-4-2-1-3-7(8)9(5-6-12)15(11,13)14/h1-4,9,12H,5-6H2,(H2,11,13,14). The molecule has 0 saturated heterocycles. The molecule has 0 aliphatic rings. The van der Waals surface area contributed by atoms with Crippen molar-refractivity contribution >= 4 is 26.0 Å². The van der Waals surface area contributed by atoms with Crippen molar-refractivity contribution in [1.82, 2.24) is 0 Å². The number of halogens is 1. The van der Waals surface area contributed by atoms with E-state index in [1.165, 1.54) is 0 Å². The van der Waals surface area contributed by atoms with Gasteiger partial charge in [0.05, 0.1) is 0 Å². The zero-order chi connectivity index (χ0) is 11.5. The Morgan fingerprint density at radius 1 is 1.40 bits per heavy atom. The molecule has 0 fully saturated rings. The summed E-state index contributed by atoms with van der Waals surface area (Å²) in [6, 6.07) is 6.93. The molecule has 0 aliphatic heterocycles. The third-order valence-corrected chi connectivity index (χ3v) is 4.04. The van der Waals surface area contributed by atoms with Crippen molar-refractivity contribution in [2.24, 2.45) is 5.14 Å². The Kier molecular flexibility index (Phi) is 4.27. The number of aliphatic hydroxyl groups excluding tert-OH is 1. The first-order valence-corrected chi connectivity index (χ1v) is 6.74. The maximum atomic E-state index is 11.3. The number of aliphatic hydroxyl groups is 1. The van der Waals surface area contributed by atoms with Gasteiger partial charge in [-0.3, -0.25) is 0 Å². The zero-order valence-electron chi connectivity index (χ0n) is 7.93. The van der Waals surface area contributed by atoms with Crippen LogP contribution in [0.4, 0.5) is 0 Å². The SMILES string of the molecule is NS(=O)(=O)C(CCO)c1ccccc1Br. The normalized spacial score (nSPS) is 13.8. The van der Waals surface area contributed by atoms with Gasteiger partial charge in [-0.2, -0.15) is 0 Å². The minimum absolute atomic E-state index is 0.0987. The number of hydrogen-bond donors (Lipinski definition) is 2. The molecule has 0 spiro atoms. The summed E-state index contributed by atoms with van der Waals surface area (Å²) < 4.78 is 23.3. The van der Waals surface area contributed by atoms with Crippen molar-refractivity contribution in [3.8, 4) is 0 Å². The monoisotopic (exact) mass is 293 g/mol. The molecule has 1 aromatic carbocycles. The highest BCUT2D eigenvalue weighted by Crippen LogP contribution is 2.29. The lowest BCUT2D eigenvalue weighted by molar-refractivity contribution is 0.285. The summed E-state index contributed by atoms with van der Waals surface area (Å²) in [5, 5.41) is 13.1. The lowest BCUT2D eigenvalue weighted by Gasteiger charge is -2.15. The van der Waals surface area contributed by atoms with Crippen LogP contribution in [0.25, 0.3) is 0 Å². The molecule has 1 aromatic rings. The fourth-order valence-corrected chi connectivity index (χ4v) is 3.06. The third-order valence-electron chi connectivity index (χ3n) is 2.04. The summed E-state index contributed by atoms with van der Waals surface area (Å²) >= 11 is 3.26. The van der Waals surface area contributed by atoms with Gasteiger partial charge in [-0.1, -0.05) is 34.1 Å². The van der Waals surface area contributed by atoms with E-state index >= 15 is 0 Å². The third kappa shape index (κ3) is 3.27. The molecule has 0 radical (unpaired) electrons. The predicted molar refractivity (Wildman–Crippen MR) is 61.7 cm³/mol. The van der Waals surface area contributed by atoms with E-state index in [2.05, 4.69) is 15.9 Å². The molecule has 15 heavy (non-hydrogen) atoms. The highest BCUT2D eigenvalue weighted by atomic mass is 79.9. The Morgan fingerprint density at radius 2 is 2.00 bits per heavy atom. The van der Waals surface area contributed by atoms with E-state index in [1.54, 1.807) is 24.3 Å². The molecule has 1 rings (SSSR count). The lowest BCUT2D eigenvalue weighted by atomic mass is 10.1. The van der Waals surface area contributed by atoms with Crippen LogP contribution in [0.15, 0.2) is 28.7 Å². The van der Waals surface area contributed by atoms with E-state index in [0.29, 0.717) is 10.0 Å². The largest absolute Gasteiger partial charge is 0.396 e. The van der Waals surface area contributed by atoms with Crippen molar-refractivity contribution in [3.05, 3.63) is 34.3 Å². The van der Waals surface area contributed by atoms with Gasteiger partial charge in [0.2, 0.25) is 10.0 Å². The fourth-order valence-electron chi connectivity index (χ4n) is 1.35. The Morgan fingerprint density at radius 3 is 2.47 bits per heavy atom. The van der Waals surface area contributed by atoms with Gasteiger partial charge < -0.3 is 5.11 Å². The minimum Gasteiger partial charge on any atom is -0.396 e.